The average Bonchev–Trinajstić information content (AvgIpc) is 3.48. The molecule has 1 atom stereocenters. The first-order chi connectivity index (χ1) is 14.6. The summed E-state index contributed by atoms with van der Waals surface area (Å²) in [6.45, 7) is 7.05. The second kappa shape index (κ2) is 10.2. The fourth-order valence-electron chi connectivity index (χ4n) is 4.99. The second-order valence-electron chi connectivity index (χ2n) is 9.13. The maximum atomic E-state index is 13.1. The smallest absolute Gasteiger partial charge is 0.264 e. The van der Waals surface area contributed by atoms with Crippen molar-refractivity contribution in [2.45, 2.75) is 57.6 Å². The molecule has 3 fully saturated rings. The van der Waals surface area contributed by atoms with E-state index in [9.17, 15) is 9.59 Å². The second-order valence-corrected chi connectivity index (χ2v) is 10.1. The van der Waals surface area contributed by atoms with Gasteiger partial charge in [0.15, 0.2) is 0 Å². The number of piperazine rings is 1. The topological polar surface area (TPSA) is 53.1 Å². The molecular formula is C23H35N3O3S. The van der Waals surface area contributed by atoms with Crippen LogP contribution in [0.5, 0.6) is 0 Å². The number of hydrogen-bond acceptors (Lipinski definition) is 5. The quantitative estimate of drug-likeness (QED) is 0.692. The van der Waals surface area contributed by atoms with Crippen molar-refractivity contribution in [1.82, 2.24) is 14.7 Å². The number of nitrogens with zero attached hydrogens (tertiary/aromatic N) is 3. The molecule has 2 saturated heterocycles. The van der Waals surface area contributed by atoms with Gasteiger partial charge in [0.1, 0.15) is 0 Å². The zero-order valence-corrected chi connectivity index (χ0v) is 18.9. The highest BCUT2D eigenvalue weighted by molar-refractivity contribution is 7.12. The molecule has 166 valence electrons. The van der Waals surface area contributed by atoms with Crippen molar-refractivity contribution in [3.8, 4) is 0 Å². The molecule has 0 radical (unpaired) electrons. The molecule has 3 aliphatic rings. The van der Waals surface area contributed by atoms with E-state index in [1.165, 1.54) is 37.0 Å². The van der Waals surface area contributed by atoms with Crippen LogP contribution in [0.15, 0.2) is 17.5 Å². The molecule has 2 aliphatic heterocycles. The Morgan fingerprint density at radius 1 is 1.10 bits per heavy atom. The van der Waals surface area contributed by atoms with E-state index in [4.69, 9.17) is 4.74 Å². The van der Waals surface area contributed by atoms with Gasteiger partial charge in [-0.3, -0.25) is 14.5 Å². The predicted octanol–water partition coefficient (Wildman–Crippen LogP) is 3.09. The number of rotatable bonds is 6. The van der Waals surface area contributed by atoms with Gasteiger partial charge in [0, 0.05) is 45.4 Å². The lowest BCUT2D eigenvalue weighted by Gasteiger charge is -2.39. The van der Waals surface area contributed by atoms with Crippen LogP contribution in [0.2, 0.25) is 0 Å². The van der Waals surface area contributed by atoms with Crippen LogP contribution in [0.25, 0.3) is 0 Å². The van der Waals surface area contributed by atoms with Crippen LogP contribution < -0.4 is 0 Å². The Morgan fingerprint density at radius 2 is 1.83 bits per heavy atom. The Labute approximate surface area is 184 Å². The predicted molar refractivity (Wildman–Crippen MR) is 119 cm³/mol. The van der Waals surface area contributed by atoms with Gasteiger partial charge >= 0.3 is 0 Å². The highest BCUT2D eigenvalue weighted by Gasteiger charge is 2.31. The van der Waals surface area contributed by atoms with Gasteiger partial charge in [-0.05, 0) is 55.9 Å². The largest absolute Gasteiger partial charge is 0.377 e. The van der Waals surface area contributed by atoms with Crippen LogP contribution >= 0.6 is 11.3 Å². The Bertz CT molecular complexity index is 689. The maximum absolute atomic E-state index is 13.1. The first kappa shape index (κ1) is 21.8. The number of hydrogen-bond donors (Lipinski definition) is 0. The zero-order valence-electron chi connectivity index (χ0n) is 18.1. The van der Waals surface area contributed by atoms with Crippen molar-refractivity contribution in [2.75, 3.05) is 45.9 Å². The summed E-state index contributed by atoms with van der Waals surface area (Å²) < 4.78 is 5.89. The number of amides is 2. The van der Waals surface area contributed by atoms with E-state index in [-0.39, 0.29) is 17.9 Å². The van der Waals surface area contributed by atoms with E-state index >= 15 is 0 Å². The zero-order chi connectivity index (χ0) is 20.9. The normalized spacial score (nSPS) is 27.6. The van der Waals surface area contributed by atoms with Gasteiger partial charge in [0.2, 0.25) is 5.91 Å². The summed E-state index contributed by atoms with van der Waals surface area (Å²) in [4.78, 5) is 32.7. The van der Waals surface area contributed by atoms with Crippen molar-refractivity contribution < 1.29 is 14.3 Å². The van der Waals surface area contributed by atoms with Gasteiger partial charge < -0.3 is 14.5 Å². The lowest BCUT2D eigenvalue weighted by Crippen LogP contribution is -2.54. The molecular weight excluding hydrogens is 398 g/mol. The summed E-state index contributed by atoms with van der Waals surface area (Å²) in [5, 5.41) is 1.93. The number of carbonyl (C=O) groups is 2. The van der Waals surface area contributed by atoms with Gasteiger partial charge in [0.05, 0.1) is 17.5 Å². The average molecular weight is 434 g/mol. The summed E-state index contributed by atoms with van der Waals surface area (Å²) >= 11 is 1.48. The SMILES string of the molecule is CC1CCC(N(CC(=O)N2CCN(C(=O)c3cccs3)CC2)CC2CCCO2)CC1. The van der Waals surface area contributed by atoms with E-state index in [1.54, 1.807) is 0 Å². The molecule has 0 spiro atoms. The molecule has 3 heterocycles. The van der Waals surface area contributed by atoms with Crippen molar-refractivity contribution in [2.24, 2.45) is 5.92 Å². The Hall–Kier alpha value is -1.44. The molecule has 0 bridgehead atoms. The van der Waals surface area contributed by atoms with E-state index < -0.39 is 0 Å². The van der Waals surface area contributed by atoms with Crippen molar-refractivity contribution in [1.29, 1.82) is 0 Å². The molecule has 1 aromatic rings. The van der Waals surface area contributed by atoms with Crippen molar-refractivity contribution >= 4 is 23.2 Å². The molecule has 30 heavy (non-hydrogen) atoms. The Kier molecular flexibility index (Phi) is 7.44. The molecule has 0 aromatic carbocycles. The molecule has 7 heteroatoms. The summed E-state index contributed by atoms with van der Waals surface area (Å²) in [6.07, 6.45) is 7.40. The van der Waals surface area contributed by atoms with E-state index in [1.807, 2.05) is 27.3 Å². The summed E-state index contributed by atoms with van der Waals surface area (Å²) in [6, 6.07) is 4.28. The first-order valence-electron chi connectivity index (χ1n) is 11.6. The van der Waals surface area contributed by atoms with Gasteiger partial charge in [-0.1, -0.05) is 13.0 Å². The van der Waals surface area contributed by atoms with Crippen molar-refractivity contribution in [3.05, 3.63) is 22.4 Å². The molecule has 4 rings (SSSR count). The van der Waals surface area contributed by atoms with E-state index in [2.05, 4.69) is 11.8 Å². The van der Waals surface area contributed by atoms with Gasteiger partial charge in [-0.2, -0.15) is 0 Å². The lowest BCUT2D eigenvalue weighted by molar-refractivity contribution is -0.135. The third-order valence-electron chi connectivity index (χ3n) is 6.95. The van der Waals surface area contributed by atoms with Crippen LogP contribution in [0, 0.1) is 5.92 Å². The lowest BCUT2D eigenvalue weighted by atomic mass is 9.86. The molecule has 1 aliphatic carbocycles. The number of ether oxygens (including phenoxy) is 1. The maximum Gasteiger partial charge on any atom is 0.264 e. The van der Waals surface area contributed by atoms with Crippen LogP contribution in [0.4, 0.5) is 0 Å². The fraction of sp³-hybridized carbons (Fsp3) is 0.739. The van der Waals surface area contributed by atoms with Crippen LogP contribution in [-0.2, 0) is 9.53 Å². The highest BCUT2D eigenvalue weighted by atomic mass is 32.1. The number of thiophene rings is 1. The Morgan fingerprint density at radius 3 is 2.47 bits per heavy atom. The standard InChI is InChI=1S/C23H35N3O3S/c1-18-6-8-19(9-7-18)26(16-20-4-2-14-29-20)17-22(27)24-10-12-25(13-11-24)23(28)21-5-3-15-30-21/h3,5,15,18-20H,2,4,6-14,16-17H2,1H3. The molecule has 1 aromatic heterocycles. The number of carbonyl (C=O) groups excluding carboxylic acids is 2. The molecule has 6 nitrogen and oxygen atoms in total. The summed E-state index contributed by atoms with van der Waals surface area (Å²) in [5.74, 6) is 1.10. The summed E-state index contributed by atoms with van der Waals surface area (Å²) in [7, 11) is 0. The molecule has 2 amide bonds. The van der Waals surface area contributed by atoms with Crippen LogP contribution in [-0.4, -0.2) is 84.5 Å². The minimum Gasteiger partial charge on any atom is -0.377 e. The highest BCUT2D eigenvalue weighted by Crippen LogP contribution is 2.28. The molecule has 0 N–H and O–H groups in total. The monoisotopic (exact) mass is 433 g/mol. The van der Waals surface area contributed by atoms with Gasteiger partial charge in [-0.25, -0.2) is 0 Å². The van der Waals surface area contributed by atoms with Crippen molar-refractivity contribution in [3.63, 3.8) is 0 Å². The van der Waals surface area contributed by atoms with E-state index in [0.29, 0.717) is 38.8 Å². The third-order valence-corrected chi connectivity index (χ3v) is 7.81. The third kappa shape index (κ3) is 5.42. The molecule has 1 unspecified atom stereocenters. The summed E-state index contributed by atoms with van der Waals surface area (Å²) in [5.41, 5.74) is 0. The minimum atomic E-state index is 0.0911. The Balaban J connectivity index is 1.31. The van der Waals surface area contributed by atoms with Crippen LogP contribution in [0.1, 0.15) is 55.1 Å². The van der Waals surface area contributed by atoms with E-state index in [0.717, 1.165) is 36.8 Å². The van der Waals surface area contributed by atoms with Crippen LogP contribution in [0.3, 0.4) is 0 Å². The first-order valence-corrected chi connectivity index (χ1v) is 12.4. The minimum absolute atomic E-state index is 0.0911. The van der Waals surface area contributed by atoms with Gasteiger partial charge in [-0.15, -0.1) is 11.3 Å². The fourth-order valence-corrected chi connectivity index (χ4v) is 5.68. The van der Waals surface area contributed by atoms with Gasteiger partial charge in [0.25, 0.3) is 5.91 Å². The molecule has 1 saturated carbocycles.